The van der Waals surface area contributed by atoms with Crippen LogP contribution in [-0.4, -0.2) is 10.7 Å². The maximum atomic E-state index is 13.7. The van der Waals surface area contributed by atoms with Crippen molar-refractivity contribution in [3.63, 3.8) is 0 Å². The minimum atomic E-state index is -0.809. The predicted octanol–water partition coefficient (Wildman–Crippen LogP) is 4.19. The SMILES string of the molecule is CC1CCC(C(C)(O)Cc2ccccc2F)CC1C. The van der Waals surface area contributed by atoms with Gasteiger partial charge in [-0.05, 0) is 49.1 Å². The third-order valence-electron chi connectivity index (χ3n) is 4.98. The Hall–Kier alpha value is -0.890. The number of hydrogen-bond acceptors (Lipinski definition) is 1. The van der Waals surface area contributed by atoms with Crippen molar-refractivity contribution in [3.05, 3.63) is 35.6 Å². The highest BCUT2D eigenvalue weighted by molar-refractivity contribution is 5.19. The lowest BCUT2D eigenvalue weighted by molar-refractivity contribution is -0.0320. The Balaban J connectivity index is 2.08. The highest BCUT2D eigenvalue weighted by atomic mass is 19.1. The molecule has 1 aromatic carbocycles. The Morgan fingerprint density at radius 2 is 1.89 bits per heavy atom. The summed E-state index contributed by atoms with van der Waals surface area (Å²) in [4.78, 5) is 0. The zero-order chi connectivity index (χ0) is 14.0. The van der Waals surface area contributed by atoms with Gasteiger partial charge in [0.2, 0.25) is 0 Å². The summed E-state index contributed by atoms with van der Waals surface area (Å²) in [6.07, 6.45) is 3.67. The summed E-state index contributed by atoms with van der Waals surface area (Å²) in [6.45, 7) is 6.41. The summed E-state index contributed by atoms with van der Waals surface area (Å²) in [5, 5.41) is 10.8. The smallest absolute Gasteiger partial charge is 0.126 e. The molecule has 1 aromatic rings. The average Bonchev–Trinajstić information content (AvgIpc) is 2.35. The third kappa shape index (κ3) is 3.36. The van der Waals surface area contributed by atoms with Crippen LogP contribution in [0.4, 0.5) is 4.39 Å². The molecule has 106 valence electrons. The molecule has 1 fully saturated rings. The molecule has 0 amide bonds. The van der Waals surface area contributed by atoms with Crippen LogP contribution in [0.1, 0.15) is 45.6 Å². The second-order valence-electron chi connectivity index (χ2n) is 6.59. The van der Waals surface area contributed by atoms with Crippen LogP contribution in [0.25, 0.3) is 0 Å². The van der Waals surface area contributed by atoms with Crippen LogP contribution in [0.3, 0.4) is 0 Å². The van der Waals surface area contributed by atoms with Crippen LogP contribution in [0.15, 0.2) is 24.3 Å². The lowest BCUT2D eigenvalue weighted by Gasteiger charge is -2.40. The minimum Gasteiger partial charge on any atom is -0.390 e. The van der Waals surface area contributed by atoms with E-state index in [0.717, 1.165) is 18.8 Å². The van der Waals surface area contributed by atoms with Crippen LogP contribution in [0.5, 0.6) is 0 Å². The maximum Gasteiger partial charge on any atom is 0.126 e. The van der Waals surface area contributed by atoms with Crippen molar-refractivity contribution in [3.8, 4) is 0 Å². The molecule has 19 heavy (non-hydrogen) atoms. The monoisotopic (exact) mass is 264 g/mol. The molecule has 4 unspecified atom stereocenters. The normalized spacial score (nSPS) is 30.9. The van der Waals surface area contributed by atoms with Gasteiger partial charge < -0.3 is 5.11 Å². The van der Waals surface area contributed by atoms with Crippen molar-refractivity contribution in [2.75, 3.05) is 0 Å². The number of hydrogen-bond donors (Lipinski definition) is 1. The summed E-state index contributed by atoms with van der Waals surface area (Å²) in [7, 11) is 0. The van der Waals surface area contributed by atoms with E-state index in [9.17, 15) is 9.50 Å². The molecule has 0 heterocycles. The molecule has 0 radical (unpaired) electrons. The molecule has 1 N–H and O–H groups in total. The topological polar surface area (TPSA) is 20.2 Å². The molecule has 0 spiro atoms. The van der Waals surface area contributed by atoms with E-state index in [-0.39, 0.29) is 11.7 Å². The summed E-state index contributed by atoms with van der Waals surface area (Å²) in [6, 6.07) is 6.77. The predicted molar refractivity (Wildman–Crippen MR) is 76.4 cm³/mol. The molecule has 4 atom stereocenters. The van der Waals surface area contributed by atoms with Gasteiger partial charge in [-0.25, -0.2) is 4.39 Å². The van der Waals surface area contributed by atoms with Crippen molar-refractivity contribution in [2.24, 2.45) is 17.8 Å². The molecule has 1 saturated carbocycles. The fourth-order valence-corrected chi connectivity index (χ4v) is 3.28. The molecule has 0 aromatic heterocycles. The molecule has 0 bridgehead atoms. The first-order chi connectivity index (χ1) is 8.90. The maximum absolute atomic E-state index is 13.7. The van der Waals surface area contributed by atoms with E-state index in [1.807, 2.05) is 13.0 Å². The summed E-state index contributed by atoms with van der Waals surface area (Å²) in [5.74, 6) is 1.45. The fourth-order valence-electron chi connectivity index (χ4n) is 3.28. The van der Waals surface area contributed by atoms with Crippen LogP contribution in [-0.2, 0) is 6.42 Å². The molecule has 1 aliphatic rings. The minimum absolute atomic E-state index is 0.208. The van der Waals surface area contributed by atoms with Crippen molar-refractivity contribution in [2.45, 2.75) is 52.1 Å². The Bertz CT molecular complexity index is 427. The van der Waals surface area contributed by atoms with Gasteiger partial charge in [-0.2, -0.15) is 0 Å². The largest absolute Gasteiger partial charge is 0.390 e. The quantitative estimate of drug-likeness (QED) is 0.868. The highest BCUT2D eigenvalue weighted by Gasteiger charge is 2.37. The van der Waals surface area contributed by atoms with Crippen molar-refractivity contribution >= 4 is 0 Å². The van der Waals surface area contributed by atoms with Crippen molar-refractivity contribution < 1.29 is 9.50 Å². The van der Waals surface area contributed by atoms with Gasteiger partial charge in [0.05, 0.1) is 5.60 Å². The van der Waals surface area contributed by atoms with Crippen LogP contribution >= 0.6 is 0 Å². The Morgan fingerprint density at radius 1 is 1.21 bits per heavy atom. The highest BCUT2D eigenvalue weighted by Crippen LogP contribution is 2.40. The molecular formula is C17H25FO. The molecule has 0 aliphatic heterocycles. The van der Waals surface area contributed by atoms with Gasteiger partial charge in [-0.15, -0.1) is 0 Å². The Labute approximate surface area is 115 Å². The van der Waals surface area contributed by atoms with Gasteiger partial charge in [0.25, 0.3) is 0 Å². The van der Waals surface area contributed by atoms with Crippen LogP contribution < -0.4 is 0 Å². The lowest BCUT2D eigenvalue weighted by atomic mass is 9.68. The molecule has 0 saturated heterocycles. The molecule has 1 nitrogen and oxygen atoms in total. The number of halogens is 1. The van der Waals surface area contributed by atoms with E-state index < -0.39 is 5.60 Å². The molecule has 2 rings (SSSR count). The van der Waals surface area contributed by atoms with Gasteiger partial charge in [-0.1, -0.05) is 38.5 Å². The fraction of sp³-hybridized carbons (Fsp3) is 0.647. The van der Waals surface area contributed by atoms with Gasteiger partial charge in [0, 0.05) is 6.42 Å². The summed E-state index contributed by atoms with van der Waals surface area (Å²) >= 11 is 0. The first-order valence-corrected chi connectivity index (χ1v) is 7.36. The Kier molecular flexibility index (Phi) is 4.29. The van der Waals surface area contributed by atoms with Crippen molar-refractivity contribution in [1.29, 1.82) is 0 Å². The summed E-state index contributed by atoms with van der Waals surface area (Å²) in [5.41, 5.74) is -0.185. The van der Waals surface area contributed by atoms with Gasteiger partial charge in [0.1, 0.15) is 5.82 Å². The van der Waals surface area contributed by atoms with E-state index in [2.05, 4.69) is 13.8 Å². The summed E-state index contributed by atoms with van der Waals surface area (Å²) < 4.78 is 13.7. The van der Waals surface area contributed by atoms with E-state index >= 15 is 0 Å². The second-order valence-corrected chi connectivity index (χ2v) is 6.59. The average molecular weight is 264 g/mol. The first-order valence-electron chi connectivity index (χ1n) is 7.36. The number of rotatable bonds is 3. The zero-order valence-corrected chi connectivity index (χ0v) is 12.2. The molecular weight excluding hydrogens is 239 g/mol. The standard InChI is InChI=1S/C17H25FO/c1-12-8-9-15(10-13(12)2)17(3,19)11-14-6-4-5-7-16(14)18/h4-7,12-13,15,19H,8-11H2,1-3H3. The zero-order valence-electron chi connectivity index (χ0n) is 12.2. The van der Waals surface area contributed by atoms with E-state index in [1.165, 1.54) is 12.5 Å². The number of benzene rings is 1. The third-order valence-corrected chi connectivity index (χ3v) is 4.98. The van der Waals surface area contributed by atoms with E-state index in [0.29, 0.717) is 17.9 Å². The van der Waals surface area contributed by atoms with Gasteiger partial charge in [-0.3, -0.25) is 0 Å². The van der Waals surface area contributed by atoms with E-state index in [1.54, 1.807) is 12.1 Å². The van der Waals surface area contributed by atoms with Crippen LogP contribution in [0, 0.1) is 23.6 Å². The lowest BCUT2D eigenvalue weighted by Crippen LogP contribution is -2.41. The number of aliphatic hydroxyl groups is 1. The Morgan fingerprint density at radius 3 is 2.53 bits per heavy atom. The molecule has 2 heteroatoms. The second kappa shape index (κ2) is 5.62. The van der Waals surface area contributed by atoms with Gasteiger partial charge in [0.15, 0.2) is 0 Å². The van der Waals surface area contributed by atoms with Crippen LogP contribution in [0.2, 0.25) is 0 Å². The van der Waals surface area contributed by atoms with Crippen molar-refractivity contribution in [1.82, 2.24) is 0 Å². The van der Waals surface area contributed by atoms with E-state index in [4.69, 9.17) is 0 Å². The molecule has 1 aliphatic carbocycles. The first kappa shape index (κ1) is 14.5. The van der Waals surface area contributed by atoms with Gasteiger partial charge >= 0.3 is 0 Å².